The van der Waals surface area contributed by atoms with Crippen LogP contribution in [0.25, 0.3) is 0 Å². The van der Waals surface area contributed by atoms with Crippen molar-refractivity contribution in [1.82, 2.24) is 0 Å². The number of carbonyl (C=O) groups is 1. The van der Waals surface area contributed by atoms with Gasteiger partial charge in [0, 0.05) is 0 Å². The van der Waals surface area contributed by atoms with E-state index in [0.29, 0.717) is 11.3 Å². The lowest BCUT2D eigenvalue weighted by Gasteiger charge is -2.04. The smallest absolute Gasteiger partial charge is 0.259 e. The first-order valence-electron chi connectivity index (χ1n) is 5.16. The Morgan fingerprint density at radius 1 is 1.44 bits per heavy atom. The number of rotatable bonds is 2. The molecule has 0 aliphatic rings. The highest BCUT2D eigenvalue weighted by atomic mass is 19.1. The van der Waals surface area contributed by atoms with Crippen molar-refractivity contribution >= 4 is 11.6 Å². The molecule has 1 amide bonds. The van der Waals surface area contributed by atoms with Crippen LogP contribution in [0.1, 0.15) is 21.7 Å². The number of hydrogen-bond acceptors (Lipinski definition) is 3. The molecule has 0 saturated heterocycles. The van der Waals surface area contributed by atoms with E-state index in [2.05, 4.69) is 5.32 Å². The van der Waals surface area contributed by atoms with Gasteiger partial charge in [-0.1, -0.05) is 0 Å². The Morgan fingerprint density at radius 2 is 2.22 bits per heavy atom. The molecule has 0 fully saturated rings. The zero-order valence-corrected chi connectivity index (χ0v) is 9.53. The highest BCUT2D eigenvalue weighted by Gasteiger charge is 2.11. The van der Waals surface area contributed by atoms with Gasteiger partial charge in [0.25, 0.3) is 5.91 Å². The topological polar surface area (TPSA) is 66.0 Å². The van der Waals surface area contributed by atoms with Gasteiger partial charge in [-0.05, 0) is 31.2 Å². The maximum Gasteiger partial charge on any atom is 0.259 e. The number of carbonyl (C=O) groups excluding carboxylic acids is 1. The maximum absolute atomic E-state index is 13.5. The first-order valence-corrected chi connectivity index (χ1v) is 5.16. The van der Waals surface area contributed by atoms with Crippen molar-refractivity contribution in [2.75, 3.05) is 5.32 Å². The summed E-state index contributed by atoms with van der Waals surface area (Å²) in [7, 11) is 0. The molecule has 2 rings (SSSR count). The number of furan rings is 1. The summed E-state index contributed by atoms with van der Waals surface area (Å²) in [4.78, 5) is 11.7. The number of anilines is 1. The fourth-order valence-corrected chi connectivity index (χ4v) is 1.44. The Morgan fingerprint density at radius 3 is 2.78 bits per heavy atom. The molecule has 1 aromatic carbocycles. The third-order valence-corrected chi connectivity index (χ3v) is 2.34. The van der Waals surface area contributed by atoms with Crippen LogP contribution in [0.5, 0.6) is 0 Å². The molecule has 1 aromatic heterocycles. The van der Waals surface area contributed by atoms with Gasteiger partial charge in [0.15, 0.2) is 0 Å². The number of benzene rings is 1. The van der Waals surface area contributed by atoms with E-state index >= 15 is 0 Å². The zero-order chi connectivity index (χ0) is 13.1. The Kier molecular flexibility index (Phi) is 3.11. The van der Waals surface area contributed by atoms with Crippen LogP contribution in [-0.4, -0.2) is 5.91 Å². The van der Waals surface area contributed by atoms with Crippen LogP contribution >= 0.6 is 0 Å². The lowest BCUT2D eigenvalue weighted by molar-refractivity contribution is 0.102. The third kappa shape index (κ3) is 2.38. The molecule has 0 radical (unpaired) electrons. The predicted molar refractivity (Wildman–Crippen MR) is 62.5 cm³/mol. The van der Waals surface area contributed by atoms with Crippen LogP contribution in [-0.2, 0) is 0 Å². The molecule has 90 valence electrons. The standard InChI is InChI=1S/C13H9FN2O2/c1-8-4-10(7-18-8)13(17)16-12-3-2-9(6-15)5-11(12)14/h2-5,7H,1H3,(H,16,17). The summed E-state index contributed by atoms with van der Waals surface area (Å²) in [5.41, 5.74) is 0.541. The normalized spacial score (nSPS) is 9.83. The summed E-state index contributed by atoms with van der Waals surface area (Å²) in [5.74, 6) is -0.515. The maximum atomic E-state index is 13.5. The van der Waals surface area contributed by atoms with Gasteiger partial charge in [0.2, 0.25) is 0 Å². The highest BCUT2D eigenvalue weighted by molar-refractivity contribution is 6.04. The van der Waals surface area contributed by atoms with Crippen molar-refractivity contribution in [3.8, 4) is 6.07 Å². The number of hydrogen-bond donors (Lipinski definition) is 1. The summed E-state index contributed by atoms with van der Waals surface area (Å²) >= 11 is 0. The van der Waals surface area contributed by atoms with Crippen LogP contribution in [0.3, 0.4) is 0 Å². The van der Waals surface area contributed by atoms with Crippen LogP contribution in [0, 0.1) is 24.1 Å². The molecule has 18 heavy (non-hydrogen) atoms. The molecule has 1 N–H and O–H groups in total. The summed E-state index contributed by atoms with van der Waals surface area (Å²) in [6.45, 7) is 1.71. The summed E-state index contributed by atoms with van der Waals surface area (Å²) in [5, 5.41) is 11.0. The molecule has 0 spiro atoms. The number of halogens is 1. The minimum atomic E-state index is -0.650. The van der Waals surface area contributed by atoms with E-state index in [0.717, 1.165) is 6.07 Å². The van der Waals surface area contributed by atoms with Gasteiger partial charge in [0.1, 0.15) is 17.8 Å². The third-order valence-electron chi connectivity index (χ3n) is 2.34. The monoisotopic (exact) mass is 244 g/mol. The molecule has 0 saturated carbocycles. The molecular formula is C13H9FN2O2. The Bertz CT molecular complexity index is 641. The molecule has 0 bridgehead atoms. The lowest BCUT2D eigenvalue weighted by atomic mass is 10.2. The average molecular weight is 244 g/mol. The van der Waals surface area contributed by atoms with E-state index in [1.807, 2.05) is 6.07 Å². The molecule has 0 aliphatic carbocycles. The summed E-state index contributed by atoms with van der Waals surface area (Å²) in [6, 6.07) is 7.21. The second-order valence-electron chi connectivity index (χ2n) is 3.71. The van der Waals surface area contributed by atoms with E-state index < -0.39 is 11.7 Å². The quantitative estimate of drug-likeness (QED) is 0.883. The first kappa shape index (κ1) is 11.9. The fourth-order valence-electron chi connectivity index (χ4n) is 1.44. The van der Waals surface area contributed by atoms with Gasteiger partial charge in [0.05, 0.1) is 22.9 Å². The van der Waals surface area contributed by atoms with Crippen molar-refractivity contribution in [2.24, 2.45) is 0 Å². The van der Waals surface area contributed by atoms with E-state index in [-0.39, 0.29) is 11.3 Å². The number of nitrogens with zero attached hydrogens (tertiary/aromatic N) is 1. The van der Waals surface area contributed by atoms with Gasteiger partial charge in [-0.15, -0.1) is 0 Å². The van der Waals surface area contributed by atoms with Gasteiger partial charge in [-0.2, -0.15) is 5.26 Å². The molecule has 1 heterocycles. The van der Waals surface area contributed by atoms with E-state index in [9.17, 15) is 9.18 Å². The van der Waals surface area contributed by atoms with Gasteiger partial charge >= 0.3 is 0 Å². The number of amides is 1. The largest absolute Gasteiger partial charge is 0.469 e. The summed E-state index contributed by atoms with van der Waals surface area (Å²) < 4.78 is 18.5. The van der Waals surface area contributed by atoms with Crippen molar-refractivity contribution in [2.45, 2.75) is 6.92 Å². The van der Waals surface area contributed by atoms with Gasteiger partial charge < -0.3 is 9.73 Å². The first-order chi connectivity index (χ1) is 8.60. The average Bonchev–Trinajstić information content (AvgIpc) is 2.78. The molecular weight excluding hydrogens is 235 g/mol. The molecule has 2 aromatic rings. The van der Waals surface area contributed by atoms with Crippen molar-refractivity contribution < 1.29 is 13.6 Å². The molecule has 5 heteroatoms. The van der Waals surface area contributed by atoms with Crippen LogP contribution in [0.15, 0.2) is 34.9 Å². The molecule has 0 atom stereocenters. The zero-order valence-electron chi connectivity index (χ0n) is 9.53. The van der Waals surface area contributed by atoms with E-state index in [4.69, 9.17) is 9.68 Å². The fraction of sp³-hybridized carbons (Fsp3) is 0.0769. The van der Waals surface area contributed by atoms with Crippen LogP contribution in [0.2, 0.25) is 0 Å². The molecule has 0 unspecified atom stereocenters. The molecule has 0 aliphatic heterocycles. The Hall–Kier alpha value is -2.61. The highest BCUT2D eigenvalue weighted by Crippen LogP contribution is 2.17. The summed E-state index contributed by atoms with van der Waals surface area (Å²) in [6.07, 6.45) is 1.30. The van der Waals surface area contributed by atoms with Gasteiger partial charge in [-0.3, -0.25) is 4.79 Å². The lowest BCUT2D eigenvalue weighted by Crippen LogP contribution is -2.12. The van der Waals surface area contributed by atoms with Crippen LogP contribution in [0.4, 0.5) is 10.1 Å². The minimum absolute atomic E-state index is 0.0258. The predicted octanol–water partition coefficient (Wildman–Crippen LogP) is 2.85. The minimum Gasteiger partial charge on any atom is -0.469 e. The Balaban J connectivity index is 2.20. The Labute approximate surface area is 103 Å². The second kappa shape index (κ2) is 4.72. The van der Waals surface area contributed by atoms with Crippen molar-refractivity contribution in [1.29, 1.82) is 5.26 Å². The number of aryl methyl sites for hydroxylation is 1. The van der Waals surface area contributed by atoms with Gasteiger partial charge in [-0.25, -0.2) is 4.39 Å². The SMILES string of the molecule is Cc1cc(C(=O)Nc2ccc(C#N)cc2F)co1. The molecule has 4 nitrogen and oxygen atoms in total. The van der Waals surface area contributed by atoms with Crippen molar-refractivity contribution in [3.05, 3.63) is 53.2 Å². The van der Waals surface area contributed by atoms with E-state index in [1.165, 1.54) is 18.4 Å². The second-order valence-corrected chi connectivity index (χ2v) is 3.71. The van der Waals surface area contributed by atoms with Crippen LogP contribution < -0.4 is 5.32 Å². The number of nitriles is 1. The number of nitrogens with one attached hydrogen (secondary N) is 1. The van der Waals surface area contributed by atoms with E-state index in [1.54, 1.807) is 13.0 Å². The van der Waals surface area contributed by atoms with Crippen molar-refractivity contribution in [3.63, 3.8) is 0 Å².